The molecule has 56 heavy (non-hydrogen) atoms. The van der Waals surface area contributed by atoms with Gasteiger partial charge >= 0.3 is 5.84 Å². The van der Waals surface area contributed by atoms with Gasteiger partial charge in [0.1, 0.15) is 17.0 Å². The number of para-hydroxylation sites is 3. The number of hydrogen-bond donors (Lipinski definition) is 0. The lowest BCUT2D eigenvalue weighted by molar-refractivity contribution is 0.418. The van der Waals surface area contributed by atoms with Crippen LogP contribution in [-0.2, 0) is 5.41 Å². The quantitative estimate of drug-likeness (QED) is 0.176. The van der Waals surface area contributed by atoms with E-state index in [1.54, 1.807) is 61.5 Å². The van der Waals surface area contributed by atoms with Gasteiger partial charge in [-0.1, -0.05) is 112 Å². The smallest absolute Gasteiger partial charge is 0.307 e. The zero-order valence-electron chi connectivity index (χ0n) is 42.3. The average Bonchev–Trinajstić information content (AvgIpc) is 4.09. The molecule has 0 radical (unpaired) electrons. The fourth-order valence-corrected chi connectivity index (χ4v) is 9.71. The number of oxazole rings is 1. The molecule has 4 heteroatoms. The number of aromatic nitrogens is 2. The van der Waals surface area contributed by atoms with Crippen molar-refractivity contribution in [1.29, 1.82) is 0 Å². The molecule has 2 fully saturated rings. The molecule has 278 valence electrons. The molecule has 0 spiro atoms. The van der Waals surface area contributed by atoms with Crippen molar-refractivity contribution in [2.45, 2.75) is 96.0 Å². The number of rotatable bonds is 5. The van der Waals surface area contributed by atoms with Gasteiger partial charge in [0.15, 0.2) is 5.58 Å². The Kier molecular flexibility index (Phi) is 5.47. The van der Waals surface area contributed by atoms with Gasteiger partial charge in [0.2, 0.25) is 0 Å². The fourth-order valence-electron chi connectivity index (χ4n) is 9.71. The molecular formula is C52H48N2O2. The second-order valence-corrected chi connectivity index (χ2v) is 15.9. The van der Waals surface area contributed by atoms with Crippen molar-refractivity contribution in [1.82, 2.24) is 9.38 Å². The monoisotopic (exact) mass is 743 g/mol. The number of fused-ring (bicyclic) bond motifs is 7. The molecule has 4 nitrogen and oxygen atoms in total. The first-order chi connectivity index (χ1) is 31.7. The minimum Gasteiger partial charge on any atom is -0.456 e. The molecule has 0 amide bonds. The van der Waals surface area contributed by atoms with E-state index < -0.39 is 37.8 Å². The van der Waals surface area contributed by atoms with Crippen molar-refractivity contribution in [2.24, 2.45) is 0 Å². The molecule has 0 N–H and O–H groups in total. The van der Waals surface area contributed by atoms with Gasteiger partial charge in [0, 0.05) is 42.7 Å². The van der Waals surface area contributed by atoms with Crippen molar-refractivity contribution in [3.63, 3.8) is 0 Å². The number of aryl methyl sites for hydroxylation is 2. The second-order valence-electron chi connectivity index (χ2n) is 15.9. The van der Waals surface area contributed by atoms with Crippen LogP contribution in [0.15, 0.2) is 114 Å². The van der Waals surface area contributed by atoms with Crippen molar-refractivity contribution in [2.75, 3.05) is 0 Å². The van der Waals surface area contributed by atoms with Gasteiger partial charge in [-0.05, 0) is 132 Å². The Hall–Kier alpha value is -5.61. The summed E-state index contributed by atoms with van der Waals surface area (Å²) in [5.41, 5.74) is 5.87. The van der Waals surface area contributed by atoms with E-state index in [9.17, 15) is 2.74 Å². The number of nitrogens with zero attached hydrogens (tertiary/aromatic N) is 2. The summed E-state index contributed by atoms with van der Waals surface area (Å²) in [6.07, 6.45) is 5.74. The summed E-state index contributed by atoms with van der Waals surface area (Å²) in [4.78, 5) is 5.06. The van der Waals surface area contributed by atoms with Gasteiger partial charge in [-0.15, -0.1) is 0 Å². The van der Waals surface area contributed by atoms with Crippen molar-refractivity contribution >= 4 is 28.0 Å². The number of benzene rings is 6. The third-order valence-electron chi connectivity index (χ3n) is 12.5. The fraction of sp³-hybridized carbons (Fsp3) is 0.288. The molecule has 2 aromatic heterocycles. The lowest BCUT2D eigenvalue weighted by atomic mass is 9.73. The maximum Gasteiger partial charge on any atom is 0.307 e. The minimum atomic E-state index is -2.71. The van der Waals surface area contributed by atoms with Crippen LogP contribution in [0.3, 0.4) is 0 Å². The van der Waals surface area contributed by atoms with Crippen molar-refractivity contribution in [3.05, 3.63) is 143 Å². The van der Waals surface area contributed by atoms with Crippen molar-refractivity contribution < 1.29 is 24.2 Å². The van der Waals surface area contributed by atoms with E-state index in [-0.39, 0.29) is 28.0 Å². The van der Waals surface area contributed by atoms with Crippen LogP contribution in [0, 0.1) is 13.7 Å². The van der Waals surface area contributed by atoms with Crippen LogP contribution >= 0.6 is 0 Å². The molecule has 6 aromatic carbocycles. The molecule has 0 bridgehead atoms. The number of hydrogen-bond acceptors (Lipinski definition) is 3. The van der Waals surface area contributed by atoms with Crippen molar-refractivity contribution in [3.8, 4) is 44.9 Å². The maximum atomic E-state index is 9.88. The molecular weight excluding hydrogens is 685 g/mol. The highest BCUT2D eigenvalue weighted by molar-refractivity contribution is 5.99. The number of imidazole rings is 1. The summed E-state index contributed by atoms with van der Waals surface area (Å²) in [6.45, 7) is -6.24. The van der Waals surface area contributed by atoms with E-state index in [2.05, 4.69) is 0 Å². The summed E-state index contributed by atoms with van der Waals surface area (Å²) in [5.74, 6) is -1.01. The summed E-state index contributed by atoms with van der Waals surface area (Å²) < 4.78 is 115. The van der Waals surface area contributed by atoms with Crippen LogP contribution in [0.2, 0.25) is 0 Å². The maximum absolute atomic E-state index is 9.88. The van der Waals surface area contributed by atoms with Crippen LogP contribution in [0.1, 0.15) is 125 Å². The van der Waals surface area contributed by atoms with E-state index in [0.29, 0.717) is 87.3 Å². The predicted octanol–water partition coefficient (Wildman–Crippen LogP) is 14.6. The summed E-state index contributed by atoms with van der Waals surface area (Å²) in [6, 6.07) is 32.1. The molecule has 3 heterocycles. The minimum absolute atomic E-state index is 0.0677. The predicted molar refractivity (Wildman–Crippen MR) is 229 cm³/mol. The van der Waals surface area contributed by atoms with E-state index in [1.807, 2.05) is 46.9 Å². The van der Waals surface area contributed by atoms with Crippen LogP contribution in [0.25, 0.3) is 61.4 Å². The van der Waals surface area contributed by atoms with Gasteiger partial charge in [-0.3, -0.25) is 4.40 Å². The third kappa shape index (κ3) is 5.07. The Morgan fingerprint density at radius 2 is 1.32 bits per heavy atom. The zero-order chi connectivity index (χ0) is 47.1. The van der Waals surface area contributed by atoms with E-state index >= 15 is 0 Å². The van der Waals surface area contributed by atoms with Crippen LogP contribution in [0.4, 0.5) is 0 Å². The van der Waals surface area contributed by atoms with E-state index in [4.69, 9.17) is 26.5 Å². The molecule has 3 aliphatic rings. The molecule has 1 atom stereocenters. The number of ether oxygens (including phenoxy) is 1. The Balaban J connectivity index is 1.21. The first-order valence-corrected chi connectivity index (χ1v) is 19.8. The standard InChI is InChI=1S/C52H48N2O2/c1-31-21-23-35(47-37(33-13-5-6-14-33)26-28-44-49(47)53-51-54(44)43-18-10-12-20-46(43)56-51)29-39(31)40-30-36(24-22-32(40)2)48-38(34-15-7-8-16-34)25-27-42-50(48)55-45-19-11-9-17-41(45)52(42,3)4/h9-12,17-30,33-34H,5-8,13-16H2,1-4H3/i1D3,2D3,3D3,33D,34D. The van der Waals surface area contributed by atoms with Gasteiger partial charge in [0.05, 0.1) is 11.0 Å². The van der Waals surface area contributed by atoms with Gasteiger partial charge in [-0.25, -0.2) is 0 Å². The Labute approximate surface area is 344 Å². The van der Waals surface area contributed by atoms with E-state index in [0.717, 1.165) is 42.3 Å². The van der Waals surface area contributed by atoms with Crippen LogP contribution in [-0.4, -0.2) is 9.38 Å². The molecule has 2 aliphatic carbocycles. The van der Waals surface area contributed by atoms with Gasteiger partial charge in [-0.2, -0.15) is 4.98 Å². The van der Waals surface area contributed by atoms with Gasteiger partial charge in [0.25, 0.3) is 0 Å². The molecule has 1 aliphatic heterocycles. The normalized spacial score (nSPS) is 23.3. The second kappa shape index (κ2) is 12.7. The third-order valence-corrected chi connectivity index (χ3v) is 12.5. The Bertz CT molecular complexity index is 3310. The average molecular weight is 744 g/mol. The van der Waals surface area contributed by atoms with E-state index in [1.165, 1.54) is 12.1 Å². The zero-order valence-corrected chi connectivity index (χ0v) is 31.3. The molecule has 11 rings (SSSR count). The SMILES string of the molecule is [2H]C([2H])([2H])c1ccc(-c2c(C3([2H])CCCC3)ccc3c2Oc2ccccc2C3(C)C([2H])([2H])[2H])cc1-c1cc(-c2c(C3([2H])CCCC3)ccc3c2nc2oc4ccccc4n23)ccc1C([2H])([2H])[2H]. The lowest BCUT2D eigenvalue weighted by Gasteiger charge is -2.36. The largest absolute Gasteiger partial charge is 0.456 e. The Morgan fingerprint density at radius 3 is 2.04 bits per heavy atom. The molecule has 0 saturated heterocycles. The summed E-state index contributed by atoms with van der Waals surface area (Å²) in [5, 5.41) is 0. The van der Waals surface area contributed by atoms with Crippen LogP contribution in [0.5, 0.6) is 11.5 Å². The molecule has 2 saturated carbocycles. The highest BCUT2D eigenvalue weighted by Crippen LogP contribution is 2.55. The highest BCUT2D eigenvalue weighted by atomic mass is 16.5. The summed E-state index contributed by atoms with van der Waals surface area (Å²) >= 11 is 0. The molecule has 1 unspecified atom stereocenters. The Morgan fingerprint density at radius 1 is 0.679 bits per heavy atom. The topological polar surface area (TPSA) is 39.7 Å². The lowest BCUT2D eigenvalue weighted by Crippen LogP contribution is -2.25. The van der Waals surface area contributed by atoms with Crippen LogP contribution < -0.4 is 4.74 Å². The first-order valence-electron chi connectivity index (χ1n) is 25.3. The summed E-state index contributed by atoms with van der Waals surface area (Å²) in [7, 11) is 0. The van der Waals surface area contributed by atoms with Gasteiger partial charge < -0.3 is 9.15 Å². The first kappa shape index (κ1) is 24.1. The highest BCUT2D eigenvalue weighted by Gasteiger charge is 2.37. The molecule has 8 aromatic rings.